The van der Waals surface area contributed by atoms with E-state index in [-0.39, 0.29) is 17.4 Å². The maximum atomic E-state index is 12.0. The summed E-state index contributed by atoms with van der Waals surface area (Å²) in [6.07, 6.45) is 2.78. The van der Waals surface area contributed by atoms with Crippen molar-refractivity contribution in [2.75, 3.05) is 0 Å². The third kappa shape index (κ3) is 3.29. The number of aromatic nitrogens is 1. The average Bonchev–Trinajstić information content (AvgIpc) is 2.41. The SMILES string of the molecule is O=C(O)c1cccc(C(=O)NC2CCCCC2O)n1. The Kier molecular flexibility index (Phi) is 4.11. The summed E-state index contributed by atoms with van der Waals surface area (Å²) in [5.41, 5.74) is -0.116. The van der Waals surface area contributed by atoms with Crippen LogP contribution in [-0.2, 0) is 0 Å². The molecule has 2 unspecified atom stereocenters. The Balaban J connectivity index is 2.07. The maximum absolute atomic E-state index is 12.0. The predicted octanol–water partition coefficient (Wildman–Crippen LogP) is 0.813. The van der Waals surface area contributed by atoms with Crippen molar-refractivity contribution < 1.29 is 19.8 Å². The summed E-state index contributed by atoms with van der Waals surface area (Å²) in [6, 6.07) is 3.98. The van der Waals surface area contributed by atoms with E-state index in [1.54, 1.807) is 0 Å². The molecular weight excluding hydrogens is 248 g/mol. The second-order valence-corrected chi connectivity index (χ2v) is 4.64. The number of carboxylic acids is 1. The van der Waals surface area contributed by atoms with Crippen molar-refractivity contribution in [2.45, 2.75) is 37.8 Å². The van der Waals surface area contributed by atoms with Gasteiger partial charge in [-0.05, 0) is 25.0 Å². The molecule has 3 N–H and O–H groups in total. The second kappa shape index (κ2) is 5.79. The van der Waals surface area contributed by atoms with Gasteiger partial charge in [0.2, 0.25) is 0 Å². The summed E-state index contributed by atoms with van der Waals surface area (Å²) in [4.78, 5) is 26.5. The number of aliphatic hydroxyl groups excluding tert-OH is 1. The Bertz CT molecular complexity index is 489. The molecule has 6 heteroatoms. The minimum Gasteiger partial charge on any atom is -0.477 e. The van der Waals surface area contributed by atoms with E-state index in [1.807, 2.05) is 0 Å². The van der Waals surface area contributed by atoms with Crippen LogP contribution >= 0.6 is 0 Å². The molecule has 1 aromatic heterocycles. The number of aromatic carboxylic acids is 1. The summed E-state index contributed by atoms with van der Waals surface area (Å²) in [6.45, 7) is 0. The highest BCUT2D eigenvalue weighted by molar-refractivity contribution is 5.94. The van der Waals surface area contributed by atoms with Crippen LogP contribution in [0.1, 0.15) is 46.7 Å². The topological polar surface area (TPSA) is 99.5 Å². The summed E-state index contributed by atoms with van der Waals surface area (Å²) in [5.74, 6) is -1.62. The van der Waals surface area contributed by atoms with Crippen LogP contribution in [0.4, 0.5) is 0 Å². The molecule has 19 heavy (non-hydrogen) atoms. The van der Waals surface area contributed by atoms with E-state index in [2.05, 4.69) is 10.3 Å². The predicted molar refractivity (Wildman–Crippen MR) is 66.9 cm³/mol. The standard InChI is InChI=1S/C13H16N2O4/c16-11-7-2-1-4-8(11)15-12(17)9-5-3-6-10(14-9)13(18)19/h3,5-6,8,11,16H,1-2,4,7H2,(H,15,17)(H,18,19). The van der Waals surface area contributed by atoms with Crippen molar-refractivity contribution in [1.29, 1.82) is 0 Å². The number of hydrogen-bond acceptors (Lipinski definition) is 4. The Labute approximate surface area is 110 Å². The Morgan fingerprint density at radius 1 is 1.21 bits per heavy atom. The maximum Gasteiger partial charge on any atom is 0.354 e. The van der Waals surface area contributed by atoms with Gasteiger partial charge >= 0.3 is 5.97 Å². The lowest BCUT2D eigenvalue weighted by Gasteiger charge is -2.28. The molecule has 6 nitrogen and oxygen atoms in total. The highest BCUT2D eigenvalue weighted by atomic mass is 16.4. The normalized spacial score (nSPS) is 22.8. The molecule has 1 aromatic rings. The first-order chi connectivity index (χ1) is 9.08. The molecule has 0 spiro atoms. The quantitative estimate of drug-likeness (QED) is 0.750. The molecular formula is C13H16N2O4. The van der Waals surface area contributed by atoms with Gasteiger partial charge in [0, 0.05) is 0 Å². The van der Waals surface area contributed by atoms with Crippen molar-refractivity contribution in [3.8, 4) is 0 Å². The molecule has 0 bridgehead atoms. The number of hydrogen-bond donors (Lipinski definition) is 3. The van der Waals surface area contributed by atoms with Gasteiger partial charge in [-0.25, -0.2) is 9.78 Å². The van der Waals surface area contributed by atoms with E-state index < -0.39 is 18.0 Å². The molecule has 0 saturated heterocycles. The zero-order valence-electron chi connectivity index (χ0n) is 10.4. The van der Waals surface area contributed by atoms with E-state index in [4.69, 9.17) is 5.11 Å². The number of carbonyl (C=O) groups excluding carboxylic acids is 1. The van der Waals surface area contributed by atoms with Crippen LogP contribution in [0.3, 0.4) is 0 Å². The largest absolute Gasteiger partial charge is 0.477 e. The van der Waals surface area contributed by atoms with Gasteiger partial charge in [-0.2, -0.15) is 0 Å². The first-order valence-corrected chi connectivity index (χ1v) is 6.27. The van der Waals surface area contributed by atoms with E-state index >= 15 is 0 Å². The molecule has 1 amide bonds. The Hall–Kier alpha value is -1.95. The first kappa shape index (κ1) is 13.5. The minimum absolute atomic E-state index is 0.0534. The van der Waals surface area contributed by atoms with E-state index in [9.17, 15) is 14.7 Å². The molecule has 0 aromatic carbocycles. The zero-order valence-corrected chi connectivity index (χ0v) is 10.4. The molecule has 0 radical (unpaired) electrons. The molecule has 1 aliphatic carbocycles. The van der Waals surface area contributed by atoms with E-state index in [0.717, 1.165) is 19.3 Å². The van der Waals surface area contributed by atoms with Crippen molar-refractivity contribution in [3.05, 3.63) is 29.6 Å². The number of nitrogens with one attached hydrogen (secondary N) is 1. The molecule has 1 saturated carbocycles. The molecule has 0 aliphatic heterocycles. The van der Waals surface area contributed by atoms with Crippen LogP contribution in [-0.4, -0.2) is 39.2 Å². The monoisotopic (exact) mass is 264 g/mol. The van der Waals surface area contributed by atoms with E-state index in [0.29, 0.717) is 6.42 Å². The minimum atomic E-state index is -1.17. The Morgan fingerprint density at radius 3 is 2.58 bits per heavy atom. The molecule has 1 fully saturated rings. The third-order valence-electron chi connectivity index (χ3n) is 3.25. The highest BCUT2D eigenvalue weighted by Crippen LogP contribution is 2.18. The average molecular weight is 264 g/mol. The third-order valence-corrected chi connectivity index (χ3v) is 3.25. The molecule has 2 rings (SSSR count). The van der Waals surface area contributed by atoms with Gasteiger partial charge in [-0.3, -0.25) is 4.79 Å². The highest BCUT2D eigenvalue weighted by Gasteiger charge is 2.25. The van der Waals surface area contributed by atoms with Gasteiger partial charge in [-0.15, -0.1) is 0 Å². The number of aliphatic hydroxyl groups is 1. The van der Waals surface area contributed by atoms with Crippen LogP contribution in [0, 0.1) is 0 Å². The molecule has 2 atom stereocenters. The lowest BCUT2D eigenvalue weighted by atomic mass is 9.92. The van der Waals surface area contributed by atoms with Crippen LogP contribution in [0.2, 0.25) is 0 Å². The lowest BCUT2D eigenvalue weighted by Crippen LogP contribution is -2.45. The van der Waals surface area contributed by atoms with Crippen LogP contribution in [0.5, 0.6) is 0 Å². The van der Waals surface area contributed by atoms with Crippen LogP contribution in [0.15, 0.2) is 18.2 Å². The summed E-state index contributed by atoms with van der Waals surface area (Å²) in [7, 11) is 0. The van der Waals surface area contributed by atoms with Crippen molar-refractivity contribution >= 4 is 11.9 Å². The fourth-order valence-electron chi connectivity index (χ4n) is 2.20. The van der Waals surface area contributed by atoms with Gasteiger partial charge in [0.05, 0.1) is 12.1 Å². The van der Waals surface area contributed by atoms with Crippen LogP contribution in [0.25, 0.3) is 0 Å². The molecule has 1 aliphatic rings. The Morgan fingerprint density at radius 2 is 1.89 bits per heavy atom. The molecule has 1 heterocycles. The second-order valence-electron chi connectivity index (χ2n) is 4.64. The number of rotatable bonds is 3. The lowest BCUT2D eigenvalue weighted by molar-refractivity contribution is 0.0688. The number of carboxylic acid groups (broad SMARTS) is 1. The van der Waals surface area contributed by atoms with Crippen molar-refractivity contribution in [3.63, 3.8) is 0 Å². The van der Waals surface area contributed by atoms with Crippen molar-refractivity contribution in [2.24, 2.45) is 0 Å². The smallest absolute Gasteiger partial charge is 0.354 e. The fourth-order valence-corrected chi connectivity index (χ4v) is 2.20. The van der Waals surface area contributed by atoms with Gasteiger partial charge in [-0.1, -0.05) is 18.9 Å². The van der Waals surface area contributed by atoms with Crippen LogP contribution < -0.4 is 5.32 Å². The zero-order chi connectivity index (χ0) is 13.8. The number of pyridine rings is 1. The summed E-state index contributed by atoms with van der Waals surface area (Å²) < 4.78 is 0. The fraction of sp³-hybridized carbons (Fsp3) is 0.462. The van der Waals surface area contributed by atoms with Gasteiger partial charge in [0.1, 0.15) is 11.4 Å². The number of carbonyl (C=O) groups is 2. The molecule has 102 valence electrons. The number of amides is 1. The van der Waals surface area contributed by atoms with Gasteiger partial charge in [0.25, 0.3) is 5.91 Å². The summed E-state index contributed by atoms with van der Waals surface area (Å²) in [5, 5.41) is 21.3. The van der Waals surface area contributed by atoms with Crippen molar-refractivity contribution in [1.82, 2.24) is 10.3 Å². The first-order valence-electron chi connectivity index (χ1n) is 6.27. The summed E-state index contributed by atoms with van der Waals surface area (Å²) >= 11 is 0. The number of nitrogens with zero attached hydrogens (tertiary/aromatic N) is 1. The van der Waals surface area contributed by atoms with E-state index in [1.165, 1.54) is 18.2 Å². The van der Waals surface area contributed by atoms with Gasteiger partial charge < -0.3 is 15.5 Å². The van der Waals surface area contributed by atoms with Gasteiger partial charge in [0.15, 0.2) is 0 Å².